The van der Waals surface area contributed by atoms with Crippen LogP contribution in [-0.4, -0.2) is 29.6 Å². The third-order valence-corrected chi connectivity index (χ3v) is 3.73. The van der Waals surface area contributed by atoms with E-state index in [-0.39, 0.29) is 0 Å². The van der Waals surface area contributed by atoms with Crippen molar-refractivity contribution in [1.82, 2.24) is 9.97 Å². The molecule has 19 heavy (non-hydrogen) atoms. The number of hydrogen-bond acceptors (Lipinski definition) is 5. The van der Waals surface area contributed by atoms with Crippen molar-refractivity contribution in [3.8, 4) is 0 Å². The molecule has 2 heterocycles. The SMILES string of the molecule is CCCN(CCC)c1nc(NCC)nc2sccc12. The Morgan fingerprint density at radius 1 is 1.16 bits per heavy atom. The second-order valence-corrected chi connectivity index (χ2v) is 5.42. The summed E-state index contributed by atoms with van der Waals surface area (Å²) < 4.78 is 0. The van der Waals surface area contributed by atoms with Crippen molar-refractivity contribution in [2.24, 2.45) is 0 Å². The Kier molecular flexibility index (Phi) is 4.96. The number of fused-ring (bicyclic) bond motifs is 1. The lowest BCUT2D eigenvalue weighted by atomic mass is 10.3. The maximum atomic E-state index is 4.71. The van der Waals surface area contributed by atoms with E-state index in [0.717, 1.165) is 49.1 Å². The van der Waals surface area contributed by atoms with E-state index >= 15 is 0 Å². The molecule has 0 radical (unpaired) electrons. The van der Waals surface area contributed by atoms with Gasteiger partial charge in [-0.3, -0.25) is 0 Å². The molecule has 0 aromatic carbocycles. The van der Waals surface area contributed by atoms with Crippen LogP contribution >= 0.6 is 11.3 Å². The smallest absolute Gasteiger partial charge is 0.226 e. The van der Waals surface area contributed by atoms with Crippen molar-refractivity contribution < 1.29 is 0 Å². The quantitative estimate of drug-likeness (QED) is 0.837. The third kappa shape index (κ3) is 3.15. The van der Waals surface area contributed by atoms with Crippen molar-refractivity contribution in [3.05, 3.63) is 11.4 Å². The molecule has 0 saturated carbocycles. The van der Waals surface area contributed by atoms with Crippen LogP contribution in [0.5, 0.6) is 0 Å². The van der Waals surface area contributed by atoms with Gasteiger partial charge in [-0.25, -0.2) is 4.98 Å². The number of anilines is 2. The first-order valence-corrected chi connectivity index (χ1v) is 7.92. The third-order valence-electron chi connectivity index (χ3n) is 2.93. The molecule has 0 aliphatic carbocycles. The van der Waals surface area contributed by atoms with Gasteiger partial charge >= 0.3 is 0 Å². The van der Waals surface area contributed by atoms with Crippen LogP contribution in [0.2, 0.25) is 0 Å². The average Bonchev–Trinajstić information content (AvgIpc) is 2.86. The standard InChI is InChI=1S/C14H22N4S/c1-4-8-18(9-5-2)12-11-7-10-19-13(11)17-14(16-12)15-6-3/h7,10H,4-6,8-9H2,1-3H3,(H,15,16,17). The van der Waals surface area contributed by atoms with E-state index < -0.39 is 0 Å². The van der Waals surface area contributed by atoms with Gasteiger partial charge in [0.1, 0.15) is 10.6 Å². The first kappa shape index (κ1) is 14.1. The van der Waals surface area contributed by atoms with Gasteiger partial charge < -0.3 is 10.2 Å². The van der Waals surface area contributed by atoms with Gasteiger partial charge in [0, 0.05) is 19.6 Å². The Labute approximate surface area is 118 Å². The predicted molar refractivity (Wildman–Crippen MR) is 84.4 cm³/mol. The summed E-state index contributed by atoms with van der Waals surface area (Å²) in [7, 11) is 0. The first-order valence-electron chi connectivity index (χ1n) is 7.04. The number of thiophene rings is 1. The molecule has 5 heteroatoms. The van der Waals surface area contributed by atoms with Crippen LogP contribution in [0.15, 0.2) is 11.4 Å². The number of nitrogens with zero attached hydrogens (tertiary/aromatic N) is 3. The van der Waals surface area contributed by atoms with Gasteiger partial charge in [-0.2, -0.15) is 4.98 Å². The molecule has 0 bridgehead atoms. The molecular formula is C14H22N4S. The van der Waals surface area contributed by atoms with E-state index in [1.54, 1.807) is 11.3 Å². The summed E-state index contributed by atoms with van der Waals surface area (Å²) in [4.78, 5) is 12.7. The van der Waals surface area contributed by atoms with Crippen LogP contribution in [-0.2, 0) is 0 Å². The first-order chi connectivity index (χ1) is 9.30. The van der Waals surface area contributed by atoms with E-state index in [0.29, 0.717) is 0 Å². The van der Waals surface area contributed by atoms with E-state index in [9.17, 15) is 0 Å². The lowest BCUT2D eigenvalue weighted by Crippen LogP contribution is -2.26. The molecular weight excluding hydrogens is 256 g/mol. The Morgan fingerprint density at radius 3 is 2.53 bits per heavy atom. The summed E-state index contributed by atoms with van der Waals surface area (Å²) >= 11 is 1.68. The number of hydrogen-bond donors (Lipinski definition) is 1. The Balaban J connectivity index is 2.45. The van der Waals surface area contributed by atoms with Crippen molar-refractivity contribution in [2.45, 2.75) is 33.6 Å². The lowest BCUT2D eigenvalue weighted by molar-refractivity contribution is 0.737. The minimum Gasteiger partial charge on any atom is -0.356 e. The summed E-state index contributed by atoms with van der Waals surface area (Å²) in [6, 6.07) is 2.13. The summed E-state index contributed by atoms with van der Waals surface area (Å²) in [5.74, 6) is 1.82. The predicted octanol–water partition coefficient (Wildman–Crippen LogP) is 3.75. The van der Waals surface area contributed by atoms with Crippen LogP contribution in [0.4, 0.5) is 11.8 Å². The molecule has 0 fully saturated rings. The molecule has 0 aliphatic rings. The Bertz CT molecular complexity index is 517. The van der Waals surface area contributed by atoms with Crippen LogP contribution < -0.4 is 10.2 Å². The second-order valence-electron chi connectivity index (χ2n) is 4.53. The van der Waals surface area contributed by atoms with Gasteiger partial charge in [-0.05, 0) is 31.2 Å². The molecule has 0 unspecified atom stereocenters. The molecule has 2 rings (SSSR count). The number of rotatable bonds is 7. The van der Waals surface area contributed by atoms with E-state index in [1.807, 2.05) is 0 Å². The highest BCUT2D eigenvalue weighted by molar-refractivity contribution is 7.16. The van der Waals surface area contributed by atoms with E-state index in [4.69, 9.17) is 4.98 Å². The lowest BCUT2D eigenvalue weighted by Gasteiger charge is -2.23. The van der Waals surface area contributed by atoms with Gasteiger partial charge in [-0.1, -0.05) is 13.8 Å². The van der Waals surface area contributed by atoms with Crippen LogP contribution in [0.25, 0.3) is 10.2 Å². The largest absolute Gasteiger partial charge is 0.356 e. The van der Waals surface area contributed by atoms with Crippen molar-refractivity contribution in [2.75, 3.05) is 29.9 Å². The van der Waals surface area contributed by atoms with Crippen LogP contribution in [0.3, 0.4) is 0 Å². The minimum atomic E-state index is 0.740. The zero-order valence-electron chi connectivity index (χ0n) is 11.9. The zero-order valence-corrected chi connectivity index (χ0v) is 12.8. The normalized spacial score (nSPS) is 10.9. The Hall–Kier alpha value is -1.36. The Morgan fingerprint density at radius 2 is 1.89 bits per heavy atom. The fourth-order valence-electron chi connectivity index (χ4n) is 2.18. The fourth-order valence-corrected chi connectivity index (χ4v) is 2.94. The van der Waals surface area contributed by atoms with Crippen molar-refractivity contribution in [3.63, 3.8) is 0 Å². The fraction of sp³-hybridized carbons (Fsp3) is 0.571. The minimum absolute atomic E-state index is 0.740. The highest BCUT2D eigenvalue weighted by Gasteiger charge is 2.14. The molecule has 0 atom stereocenters. The number of nitrogens with one attached hydrogen (secondary N) is 1. The van der Waals surface area contributed by atoms with Crippen LogP contribution in [0, 0.1) is 0 Å². The maximum absolute atomic E-state index is 4.71. The molecule has 4 nitrogen and oxygen atoms in total. The monoisotopic (exact) mass is 278 g/mol. The summed E-state index contributed by atoms with van der Waals surface area (Å²) in [6.07, 6.45) is 2.26. The molecule has 0 saturated heterocycles. The molecule has 104 valence electrons. The van der Waals surface area contributed by atoms with Crippen molar-refractivity contribution >= 4 is 33.3 Å². The molecule has 2 aromatic heterocycles. The van der Waals surface area contributed by atoms with Gasteiger partial charge in [0.15, 0.2) is 0 Å². The maximum Gasteiger partial charge on any atom is 0.226 e. The van der Waals surface area contributed by atoms with Crippen molar-refractivity contribution in [1.29, 1.82) is 0 Å². The molecule has 1 N–H and O–H groups in total. The average molecular weight is 278 g/mol. The summed E-state index contributed by atoms with van der Waals surface area (Å²) in [5.41, 5.74) is 0. The van der Waals surface area contributed by atoms with Gasteiger partial charge in [-0.15, -0.1) is 11.3 Å². The highest BCUT2D eigenvalue weighted by Crippen LogP contribution is 2.29. The molecule has 2 aromatic rings. The summed E-state index contributed by atoms with van der Waals surface area (Å²) in [6.45, 7) is 9.41. The van der Waals surface area contributed by atoms with Gasteiger partial charge in [0.2, 0.25) is 5.95 Å². The van der Waals surface area contributed by atoms with E-state index in [2.05, 4.69) is 47.4 Å². The topological polar surface area (TPSA) is 41.1 Å². The second kappa shape index (κ2) is 6.70. The molecule has 0 spiro atoms. The number of aromatic nitrogens is 2. The van der Waals surface area contributed by atoms with Crippen LogP contribution in [0.1, 0.15) is 33.6 Å². The molecule has 0 aliphatic heterocycles. The van der Waals surface area contributed by atoms with Gasteiger partial charge in [0.25, 0.3) is 0 Å². The zero-order chi connectivity index (χ0) is 13.7. The molecule has 0 amide bonds. The van der Waals surface area contributed by atoms with Gasteiger partial charge in [0.05, 0.1) is 5.39 Å². The van der Waals surface area contributed by atoms with E-state index in [1.165, 1.54) is 5.39 Å². The summed E-state index contributed by atoms with van der Waals surface area (Å²) in [5, 5.41) is 6.49. The highest BCUT2D eigenvalue weighted by atomic mass is 32.1.